The molecule has 2 rings (SSSR count). The normalized spacial score (nSPS) is 11.5. The SMILES string of the molecule is O=C([O-])Cn1nnc(-c2cccc(C(F)(F)F)c2)n1. The number of nitrogens with zero attached hydrogens (tertiary/aromatic N) is 4. The summed E-state index contributed by atoms with van der Waals surface area (Å²) in [6.45, 7) is -0.619. The van der Waals surface area contributed by atoms with Gasteiger partial charge in [-0.1, -0.05) is 12.1 Å². The van der Waals surface area contributed by atoms with Crippen molar-refractivity contribution in [3.63, 3.8) is 0 Å². The van der Waals surface area contributed by atoms with E-state index >= 15 is 0 Å². The van der Waals surface area contributed by atoms with Crippen LogP contribution in [0.4, 0.5) is 13.2 Å². The molecule has 6 nitrogen and oxygen atoms in total. The molecule has 0 spiro atoms. The zero-order valence-electron chi connectivity index (χ0n) is 9.26. The van der Waals surface area contributed by atoms with Crippen LogP contribution in [0.3, 0.4) is 0 Å². The lowest BCUT2D eigenvalue weighted by molar-refractivity contribution is -0.307. The fraction of sp³-hybridized carbons (Fsp3) is 0.200. The van der Waals surface area contributed by atoms with Crippen LogP contribution in [-0.2, 0) is 17.5 Å². The molecule has 1 aromatic heterocycles. The Bertz CT molecular complexity index is 609. The molecule has 0 aliphatic heterocycles. The Morgan fingerprint density at radius 2 is 2.11 bits per heavy atom. The average molecular weight is 271 g/mol. The van der Waals surface area contributed by atoms with Crippen LogP contribution >= 0.6 is 0 Å². The second kappa shape index (κ2) is 4.67. The fourth-order valence-corrected chi connectivity index (χ4v) is 1.38. The smallest absolute Gasteiger partial charge is 0.416 e. The Labute approximate surface area is 104 Å². The van der Waals surface area contributed by atoms with Gasteiger partial charge in [0.1, 0.15) is 6.54 Å². The van der Waals surface area contributed by atoms with Crippen molar-refractivity contribution < 1.29 is 23.1 Å². The van der Waals surface area contributed by atoms with Gasteiger partial charge in [-0.05, 0) is 17.3 Å². The maximum atomic E-state index is 12.5. The number of benzene rings is 1. The first-order valence-electron chi connectivity index (χ1n) is 5.01. The van der Waals surface area contributed by atoms with E-state index in [0.29, 0.717) is 0 Å². The molecule has 2 aromatic rings. The Morgan fingerprint density at radius 1 is 1.37 bits per heavy atom. The number of carboxylic acid groups (broad SMARTS) is 1. The first-order valence-corrected chi connectivity index (χ1v) is 5.01. The fourth-order valence-electron chi connectivity index (χ4n) is 1.38. The van der Waals surface area contributed by atoms with Crippen LogP contribution in [0.5, 0.6) is 0 Å². The quantitative estimate of drug-likeness (QED) is 0.791. The third-order valence-corrected chi connectivity index (χ3v) is 2.17. The van der Waals surface area contributed by atoms with Crippen molar-refractivity contribution in [1.82, 2.24) is 20.2 Å². The van der Waals surface area contributed by atoms with Crippen molar-refractivity contribution in [2.75, 3.05) is 0 Å². The van der Waals surface area contributed by atoms with Gasteiger partial charge in [-0.3, -0.25) is 0 Å². The Hall–Kier alpha value is -2.45. The molecule has 0 saturated carbocycles. The van der Waals surface area contributed by atoms with Gasteiger partial charge in [0.2, 0.25) is 5.82 Å². The summed E-state index contributed by atoms with van der Waals surface area (Å²) >= 11 is 0. The predicted octanol–water partition coefficient (Wildman–Crippen LogP) is 0.109. The minimum Gasteiger partial charge on any atom is -0.548 e. The van der Waals surface area contributed by atoms with E-state index in [4.69, 9.17) is 0 Å². The van der Waals surface area contributed by atoms with Gasteiger partial charge in [0.25, 0.3) is 0 Å². The number of rotatable bonds is 3. The first-order chi connectivity index (χ1) is 8.86. The van der Waals surface area contributed by atoms with E-state index in [1.165, 1.54) is 12.1 Å². The van der Waals surface area contributed by atoms with Gasteiger partial charge in [0, 0.05) is 5.56 Å². The number of carbonyl (C=O) groups is 1. The van der Waals surface area contributed by atoms with E-state index in [0.717, 1.165) is 16.9 Å². The summed E-state index contributed by atoms with van der Waals surface area (Å²) in [5, 5.41) is 20.8. The number of hydrogen-bond donors (Lipinski definition) is 0. The molecule has 0 unspecified atom stereocenters. The van der Waals surface area contributed by atoms with Crippen LogP contribution in [0.25, 0.3) is 11.4 Å². The van der Waals surface area contributed by atoms with Gasteiger partial charge in [-0.15, -0.1) is 10.2 Å². The highest BCUT2D eigenvalue weighted by atomic mass is 19.4. The third-order valence-electron chi connectivity index (χ3n) is 2.17. The van der Waals surface area contributed by atoms with Gasteiger partial charge in [0.05, 0.1) is 11.5 Å². The van der Waals surface area contributed by atoms with Crippen molar-refractivity contribution in [2.24, 2.45) is 0 Å². The summed E-state index contributed by atoms with van der Waals surface area (Å²) in [6, 6.07) is 4.35. The summed E-state index contributed by atoms with van der Waals surface area (Å²) in [5.74, 6) is -1.51. The van der Waals surface area contributed by atoms with Crippen LogP contribution in [0, 0.1) is 0 Å². The summed E-state index contributed by atoms with van der Waals surface area (Å²) in [4.78, 5) is 11.0. The van der Waals surface area contributed by atoms with Gasteiger partial charge < -0.3 is 9.90 Å². The molecule has 0 bridgehead atoms. The molecule has 1 heterocycles. The Morgan fingerprint density at radius 3 is 2.74 bits per heavy atom. The van der Waals surface area contributed by atoms with E-state index in [1.54, 1.807) is 0 Å². The van der Waals surface area contributed by atoms with E-state index in [1.807, 2.05) is 0 Å². The molecular weight excluding hydrogens is 265 g/mol. The zero-order chi connectivity index (χ0) is 14.0. The summed E-state index contributed by atoms with van der Waals surface area (Å²) in [5.41, 5.74) is -0.749. The zero-order valence-corrected chi connectivity index (χ0v) is 9.26. The number of carbonyl (C=O) groups excluding carboxylic acids is 1. The van der Waals surface area contributed by atoms with Crippen LogP contribution < -0.4 is 5.11 Å². The van der Waals surface area contributed by atoms with Gasteiger partial charge in [-0.2, -0.15) is 18.0 Å². The highest BCUT2D eigenvalue weighted by Crippen LogP contribution is 2.31. The minimum absolute atomic E-state index is 0.0904. The van der Waals surface area contributed by atoms with E-state index in [9.17, 15) is 23.1 Å². The Kier molecular flexibility index (Phi) is 3.19. The summed E-state index contributed by atoms with van der Waals surface area (Å²) in [6.07, 6.45) is -4.48. The molecule has 0 N–H and O–H groups in total. The van der Waals surface area contributed by atoms with Crippen molar-refractivity contribution in [3.05, 3.63) is 29.8 Å². The van der Waals surface area contributed by atoms with E-state index < -0.39 is 24.3 Å². The highest BCUT2D eigenvalue weighted by molar-refractivity contribution is 5.63. The lowest BCUT2D eigenvalue weighted by Crippen LogP contribution is -2.28. The number of halogens is 3. The molecule has 9 heteroatoms. The van der Waals surface area contributed by atoms with Crippen LogP contribution in [0.1, 0.15) is 5.56 Å². The van der Waals surface area contributed by atoms with Gasteiger partial charge >= 0.3 is 6.18 Å². The van der Waals surface area contributed by atoms with Crippen LogP contribution in [-0.4, -0.2) is 26.2 Å². The van der Waals surface area contributed by atoms with Crippen molar-refractivity contribution in [2.45, 2.75) is 12.7 Å². The van der Waals surface area contributed by atoms with Gasteiger partial charge in [0.15, 0.2) is 0 Å². The Balaban J connectivity index is 2.32. The number of aromatic nitrogens is 4. The maximum absolute atomic E-state index is 12.5. The molecule has 0 saturated heterocycles. The maximum Gasteiger partial charge on any atom is 0.416 e. The molecule has 0 atom stereocenters. The first kappa shape index (κ1) is 13.0. The standard InChI is InChI=1S/C10H7F3N4O2/c11-10(12,13)7-3-1-2-6(4-7)9-14-16-17(15-9)5-8(18)19/h1-4H,5H2,(H,18,19)/p-1. The second-order valence-corrected chi connectivity index (χ2v) is 3.59. The molecule has 0 aliphatic rings. The number of alkyl halides is 3. The highest BCUT2D eigenvalue weighted by Gasteiger charge is 2.30. The number of hydrogen-bond acceptors (Lipinski definition) is 5. The second-order valence-electron chi connectivity index (χ2n) is 3.59. The van der Waals surface area contributed by atoms with E-state index in [2.05, 4.69) is 15.4 Å². The third kappa shape index (κ3) is 3.06. The van der Waals surface area contributed by atoms with E-state index in [-0.39, 0.29) is 11.4 Å². The molecule has 0 aliphatic carbocycles. The monoisotopic (exact) mass is 271 g/mol. The average Bonchev–Trinajstić information content (AvgIpc) is 2.76. The topological polar surface area (TPSA) is 83.7 Å². The molecule has 1 aromatic carbocycles. The van der Waals surface area contributed by atoms with Crippen molar-refractivity contribution in [3.8, 4) is 11.4 Å². The molecule has 100 valence electrons. The minimum atomic E-state index is -4.48. The van der Waals surface area contributed by atoms with Gasteiger partial charge in [-0.25, -0.2) is 0 Å². The molecule has 0 radical (unpaired) electrons. The predicted molar refractivity (Wildman–Crippen MR) is 53.3 cm³/mol. The lowest BCUT2D eigenvalue weighted by atomic mass is 10.1. The lowest BCUT2D eigenvalue weighted by Gasteiger charge is -2.06. The molecule has 0 fully saturated rings. The van der Waals surface area contributed by atoms with Crippen molar-refractivity contribution in [1.29, 1.82) is 0 Å². The molecular formula is C10H6F3N4O2-. The molecule has 19 heavy (non-hydrogen) atoms. The largest absolute Gasteiger partial charge is 0.548 e. The number of aliphatic carboxylic acids is 1. The van der Waals surface area contributed by atoms with Crippen LogP contribution in [0.15, 0.2) is 24.3 Å². The summed E-state index contributed by atoms with van der Waals surface area (Å²) < 4.78 is 37.5. The number of tetrazole rings is 1. The summed E-state index contributed by atoms with van der Waals surface area (Å²) in [7, 11) is 0. The molecule has 0 amide bonds. The van der Waals surface area contributed by atoms with Crippen molar-refractivity contribution >= 4 is 5.97 Å². The van der Waals surface area contributed by atoms with Crippen LogP contribution in [0.2, 0.25) is 0 Å². The number of carboxylic acids is 1.